The highest BCUT2D eigenvalue weighted by atomic mass is 19.4. The molecule has 1 rings (SSSR count). The molecule has 0 fully saturated rings. The van der Waals surface area contributed by atoms with Crippen LogP contribution in [0.4, 0.5) is 27.6 Å². The van der Waals surface area contributed by atoms with Gasteiger partial charge in [-0.1, -0.05) is 13.8 Å². The Hall–Kier alpha value is -2.26. The summed E-state index contributed by atoms with van der Waals surface area (Å²) < 4.78 is 70.3. The minimum absolute atomic E-state index is 0.0425. The Morgan fingerprint density at radius 1 is 1.33 bits per heavy atom. The molecule has 1 aromatic rings. The van der Waals surface area contributed by atoms with Crippen molar-refractivity contribution in [2.75, 3.05) is 12.4 Å². The molecule has 134 valence electrons. The van der Waals surface area contributed by atoms with Crippen molar-refractivity contribution >= 4 is 18.1 Å². The van der Waals surface area contributed by atoms with Crippen molar-refractivity contribution in [2.45, 2.75) is 32.9 Å². The van der Waals surface area contributed by atoms with Crippen molar-refractivity contribution in [3.63, 3.8) is 0 Å². The number of anilines is 1. The Balaban J connectivity index is 3.94. The molecule has 1 heterocycles. The highest BCUT2D eigenvalue weighted by molar-refractivity contribution is 5.95. The third-order valence-electron chi connectivity index (χ3n) is 3.01. The maximum Gasteiger partial charge on any atom is 0.435 e. The fourth-order valence-electron chi connectivity index (χ4n) is 2.17. The van der Waals surface area contributed by atoms with E-state index in [0.717, 1.165) is 7.11 Å². The summed E-state index contributed by atoms with van der Waals surface area (Å²) >= 11 is 0. The van der Waals surface area contributed by atoms with Gasteiger partial charge in [0.1, 0.15) is 5.69 Å². The zero-order chi connectivity index (χ0) is 18.7. The van der Waals surface area contributed by atoms with Crippen LogP contribution in [0.3, 0.4) is 0 Å². The van der Waals surface area contributed by atoms with Crippen molar-refractivity contribution in [3.8, 4) is 0 Å². The summed E-state index contributed by atoms with van der Waals surface area (Å²) in [7, 11) is 0.904. The number of carbonyl (C=O) groups excluding carboxylic acids is 2. The van der Waals surface area contributed by atoms with Gasteiger partial charge in [0, 0.05) is 0 Å². The van der Waals surface area contributed by atoms with E-state index in [2.05, 4.69) is 9.72 Å². The smallest absolute Gasteiger partial charge is 0.435 e. The number of alkyl halides is 5. The summed E-state index contributed by atoms with van der Waals surface area (Å²) in [5, 5.41) is 1.83. The number of aromatic nitrogens is 1. The molecule has 0 unspecified atom stereocenters. The molecule has 0 aromatic carbocycles. The molecule has 1 amide bonds. The van der Waals surface area contributed by atoms with Crippen LogP contribution in [0.1, 0.15) is 47.6 Å². The van der Waals surface area contributed by atoms with E-state index in [0.29, 0.717) is 0 Å². The summed E-state index contributed by atoms with van der Waals surface area (Å²) in [6, 6.07) is 0. The zero-order valence-electron chi connectivity index (χ0n) is 13.0. The molecule has 24 heavy (non-hydrogen) atoms. The largest absolute Gasteiger partial charge is 0.465 e. The average molecular weight is 354 g/mol. The first-order chi connectivity index (χ1) is 11.0. The summed E-state index contributed by atoms with van der Waals surface area (Å²) in [5.74, 6) is -1.55. The SMILES string of the molecule is COC(=O)c1c(C(F)F)nc(C(F)(F)F)c(NC=O)c1CC(C)C. The number of carbonyl (C=O) groups is 2. The number of halogens is 5. The third-order valence-corrected chi connectivity index (χ3v) is 3.01. The van der Waals surface area contributed by atoms with Crippen LogP contribution in [-0.2, 0) is 22.1 Å². The number of rotatable bonds is 6. The maximum atomic E-state index is 13.2. The van der Waals surface area contributed by atoms with Gasteiger partial charge in [0.2, 0.25) is 6.41 Å². The molecule has 0 radical (unpaired) electrons. The second kappa shape index (κ2) is 7.54. The topological polar surface area (TPSA) is 68.3 Å². The number of ether oxygens (including phenoxy) is 1. The standard InChI is InChI=1S/C14H15F5N2O3/c1-6(2)4-7-8(13(23)24-3)10(12(15)16)21-11(14(17,18)19)9(7)20-5-22/h5-6,12H,4H2,1-3H3,(H,20,22). The van der Waals surface area contributed by atoms with E-state index >= 15 is 0 Å². The molecule has 0 aliphatic heterocycles. The number of nitrogens with one attached hydrogen (secondary N) is 1. The lowest BCUT2D eigenvalue weighted by Crippen LogP contribution is -2.22. The Morgan fingerprint density at radius 3 is 2.29 bits per heavy atom. The number of hydrogen-bond acceptors (Lipinski definition) is 4. The van der Waals surface area contributed by atoms with E-state index in [1.54, 1.807) is 13.8 Å². The van der Waals surface area contributed by atoms with Crippen LogP contribution in [0.5, 0.6) is 0 Å². The first-order valence-electron chi connectivity index (χ1n) is 6.75. The van der Waals surface area contributed by atoms with Crippen molar-refractivity contribution in [2.24, 2.45) is 5.92 Å². The first kappa shape index (κ1) is 19.8. The van der Waals surface area contributed by atoms with Gasteiger partial charge in [0.05, 0.1) is 18.4 Å². The molecule has 1 aromatic heterocycles. The quantitative estimate of drug-likeness (QED) is 0.482. The second-order valence-electron chi connectivity index (χ2n) is 5.22. The molecule has 0 bridgehead atoms. The first-order valence-corrected chi connectivity index (χ1v) is 6.75. The summed E-state index contributed by atoms with van der Waals surface area (Å²) in [6.07, 6.45) is -8.75. The molecular formula is C14H15F5N2O3. The van der Waals surface area contributed by atoms with Crippen LogP contribution in [0.25, 0.3) is 0 Å². The number of nitrogens with zero attached hydrogens (tertiary/aromatic N) is 1. The lowest BCUT2D eigenvalue weighted by Gasteiger charge is -2.21. The number of amides is 1. The van der Waals surface area contributed by atoms with E-state index in [4.69, 9.17) is 0 Å². The Morgan fingerprint density at radius 2 is 1.92 bits per heavy atom. The number of hydrogen-bond donors (Lipinski definition) is 1. The van der Waals surface area contributed by atoms with E-state index in [-0.39, 0.29) is 24.3 Å². The second-order valence-corrected chi connectivity index (χ2v) is 5.22. The molecular weight excluding hydrogens is 339 g/mol. The van der Waals surface area contributed by atoms with E-state index in [1.165, 1.54) is 0 Å². The van der Waals surface area contributed by atoms with Gasteiger partial charge in [-0.15, -0.1) is 0 Å². The average Bonchev–Trinajstić information content (AvgIpc) is 2.45. The molecule has 0 atom stereocenters. The fourth-order valence-corrected chi connectivity index (χ4v) is 2.17. The van der Waals surface area contributed by atoms with Gasteiger partial charge in [-0.05, 0) is 17.9 Å². The van der Waals surface area contributed by atoms with E-state index in [9.17, 15) is 31.5 Å². The van der Waals surface area contributed by atoms with Crippen molar-refractivity contribution in [3.05, 3.63) is 22.5 Å². The van der Waals surface area contributed by atoms with Crippen LogP contribution in [0.2, 0.25) is 0 Å². The lowest BCUT2D eigenvalue weighted by atomic mass is 9.94. The molecule has 0 aliphatic carbocycles. The van der Waals surface area contributed by atoms with Crippen LogP contribution in [0.15, 0.2) is 0 Å². The van der Waals surface area contributed by atoms with Crippen LogP contribution in [-0.4, -0.2) is 24.5 Å². The van der Waals surface area contributed by atoms with Crippen molar-refractivity contribution in [1.82, 2.24) is 4.98 Å². The Kier molecular flexibility index (Phi) is 6.22. The molecule has 5 nitrogen and oxygen atoms in total. The normalized spacial score (nSPS) is 11.8. The van der Waals surface area contributed by atoms with Gasteiger partial charge in [-0.25, -0.2) is 18.6 Å². The molecule has 0 spiro atoms. The summed E-state index contributed by atoms with van der Waals surface area (Å²) in [4.78, 5) is 25.5. The van der Waals surface area contributed by atoms with Gasteiger partial charge < -0.3 is 10.1 Å². The van der Waals surface area contributed by atoms with Gasteiger partial charge >= 0.3 is 12.1 Å². The van der Waals surface area contributed by atoms with E-state index in [1.807, 2.05) is 5.32 Å². The van der Waals surface area contributed by atoms with Crippen molar-refractivity contribution < 1.29 is 36.3 Å². The highest BCUT2D eigenvalue weighted by Gasteiger charge is 2.40. The molecule has 0 saturated carbocycles. The Bertz CT molecular complexity index is 630. The number of pyridine rings is 1. The van der Waals surface area contributed by atoms with Gasteiger partial charge in [0.15, 0.2) is 5.69 Å². The predicted molar refractivity (Wildman–Crippen MR) is 73.8 cm³/mol. The van der Waals surface area contributed by atoms with E-state index < -0.39 is 41.2 Å². The maximum absolute atomic E-state index is 13.2. The Labute approximate surface area is 134 Å². The molecule has 0 aliphatic rings. The molecule has 1 N–H and O–H groups in total. The molecule has 0 saturated heterocycles. The van der Waals surface area contributed by atoms with Crippen LogP contribution in [0, 0.1) is 5.92 Å². The predicted octanol–water partition coefficient (Wildman–Crippen LogP) is 3.59. The highest BCUT2D eigenvalue weighted by Crippen LogP contribution is 2.40. The van der Waals surface area contributed by atoms with Crippen LogP contribution >= 0.6 is 0 Å². The number of methoxy groups -OCH3 is 1. The summed E-state index contributed by atoms with van der Waals surface area (Å²) in [6.45, 7) is 3.23. The number of esters is 1. The van der Waals surface area contributed by atoms with Gasteiger partial charge in [-0.2, -0.15) is 13.2 Å². The zero-order valence-corrected chi connectivity index (χ0v) is 13.0. The lowest BCUT2D eigenvalue weighted by molar-refractivity contribution is -0.140. The minimum Gasteiger partial charge on any atom is -0.465 e. The van der Waals surface area contributed by atoms with Crippen molar-refractivity contribution in [1.29, 1.82) is 0 Å². The van der Waals surface area contributed by atoms with Gasteiger partial charge in [-0.3, -0.25) is 4.79 Å². The summed E-state index contributed by atoms with van der Waals surface area (Å²) in [5.41, 5.74) is -4.99. The molecule has 10 heteroatoms. The van der Waals surface area contributed by atoms with Gasteiger partial charge in [0.25, 0.3) is 6.43 Å². The minimum atomic E-state index is -5.10. The van der Waals surface area contributed by atoms with Crippen LogP contribution < -0.4 is 5.32 Å². The third kappa shape index (κ3) is 4.18. The fraction of sp³-hybridized carbons (Fsp3) is 0.500. The monoisotopic (exact) mass is 354 g/mol.